The first kappa shape index (κ1) is 14.9. The van der Waals surface area contributed by atoms with Crippen LogP contribution in [0.1, 0.15) is 26.3 Å². The van der Waals surface area contributed by atoms with E-state index < -0.39 is 6.10 Å². The van der Waals surface area contributed by atoms with Crippen LogP contribution in [-0.4, -0.2) is 30.8 Å². The lowest BCUT2D eigenvalue weighted by molar-refractivity contribution is 0.201. The summed E-state index contributed by atoms with van der Waals surface area (Å²) in [6, 6.07) is 5.59. The molecular weight excluding hydrogens is 231 g/mol. The maximum absolute atomic E-state index is 13.9. The predicted molar refractivity (Wildman–Crippen MR) is 73.3 cm³/mol. The van der Waals surface area contributed by atoms with Crippen LogP contribution in [0.15, 0.2) is 18.2 Å². The fourth-order valence-electron chi connectivity index (χ4n) is 1.79. The Bertz CT molecular complexity index is 380. The van der Waals surface area contributed by atoms with Gasteiger partial charge in [0.15, 0.2) is 0 Å². The minimum Gasteiger partial charge on any atom is -0.392 e. The Hall–Kier alpha value is -1.13. The first-order chi connectivity index (χ1) is 8.40. The van der Waals surface area contributed by atoms with Crippen LogP contribution in [0.25, 0.3) is 0 Å². The van der Waals surface area contributed by atoms with Crippen molar-refractivity contribution < 1.29 is 9.50 Å². The Labute approximate surface area is 109 Å². The number of rotatable bonds is 6. The van der Waals surface area contributed by atoms with Crippen molar-refractivity contribution in [3.8, 4) is 0 Å². The molecule has 2 N–H and O–H groups in total. The van der Waals surface area contributed by atoms with Gasteiger partial charge in [0.25, 0.3) is 0 Å². The fourth-order valence-corrected chi connectivity index (χ4v) is 1.79. The van der Waals surface area contributed by atoms with E-state index in [9.17, 15) is 9.50 Å². The van der Waals surface area contributed by atoms with Crippen molar-refractivity contribution >= 4 is 5.69 Å². The molecule has 0 spiro atoms. The lowest BCUT2D eigenvalue weighted by Crippen LogP contribution is -2.27. The zero-order chi connectivity index (χ0) is 13.7. The largest absolute Gasteiger partial charge is 0.392 e. The molecule has 1 unspecified atom stereocenters. The molecule has 0 aliphatic rings. The zero-order valence-corrected chi connectivity index (χ0v) is 11.6. The third-order valence-electron chi connectivity index (χ3n) is 2.68. The molecule has 0 heterocycles. The lowest BCUT2D eigenvalue weighted by atomic mass is 10.1. The van der Waals surface area contributed by atoms with E-state index >= 15 is 0 Å². The molecule has 0 saturated carbocycles. The number of hydrogen-bond acceptors (Lipinski definition) is 3. The lowest BCUT2D eigenvalue weighted by Gasteiger charge is -2.22. The number of aliphatic hydroxyl groups excluding tert-OH is 1. The maximum atomic E-state index is 13.9. The molecule has 0 radical (unpaired) electrons. The van der Waals surface area contributed by atoms with Crippen LogP contribution in [0.2, 0.25) is 0 Å². The van der Waals surface area contributed by atoms with Gasteiger partial charge in [-0.1, -0.05) is 19.9 Å². The van der Waals surface area contributed by atoms with Crippen molar-refractivity contribution in [1.82, 2.24) is 5.32 Å². The molecule has 1 aromatic carbocycles. The van der Waals surface area contributed by atoms with Crippen molar-refractivity contribution in [2.45, 2.75) is 39.5 Å². The molecule has 1 atom stereocenters. The second kappa shape index (κ2) is 6.71. The van der Waals surface area contributed by atoms with Gasteiger partial charge in [0, 0.05) is 26.2 Å². The molecule has 0 fully saturated rings. The van der Waals surface area contributed by atoms with E-state index in [0.717, 1.165) is 5.56 Å². The topological polar surface area (TPSA) is 35.5 Å². The monoisotopic (exact) mass is 254 g/mol. The van der Waals surface area contributed by atoms with E-state index in [1.165, 1.54) is 0 Å². The van der Waals surface area contributed by atoms with Crippen LogP contribution in [-0.2, 0) is 6.54 Å². The van der Waals surface area contributed by atoms with Gasteiger partial charge in [-0.2, -0.15) is 0 Å². The third kappa shape index (κ3) is 4.63. The quantitative estimate of drug-likeness (QED) is 0.816. The standard InChI is InChI=1S/C14H23FN2O/c1-10(2)16-8-12-5-6-14(13(15)7-12)17(4)9-11(3)18/h5-7,10-11,16,18H,8-9H2,1-4H3. The normalized spacial score (nSPS) is 12.8. The number of hydrogen-bond donors (Lipinski definition) is 2. The highest BCUT2D eigenvalue weighted by Gasteiger charge is 2.10. The average molecular weight is 254 g/mol. The van der Waals surface area contributed by atoms with E-state index in [-0.39, 0.29) is 5.82 Å². The van der Waals surface area contributed by atoms with Gasteiger partial charge in [-0.15, -0.1) is 0 Å². The first-order valence-corrected chi connectivity index (χ1v) is 6.31. The SMILES string of the molecule is CC(O)CN(C)c1ccc(CNC(C)C)cc1F. The van der Waals surface area contributed by atoms with E-state index in [0.29, 0.717) is 24.8 Å². The van der Waals surface area contributed by atoms with Gasteiger partial charge >= 0.3 is 0 Å². The summed E-state index contributed by atoms with van der Waals surface area (Å²) in [5, 5.41) is 12.6. The molecule has 3 nitrogen and oxygen atoms in total. The average Bonchev–Trinajstić information content (AvgIpc) is 2.25. The van der Waals surface area contributed by atoms with Crippen LogP contribution < -0.4 is 10.2 Å². The molecule has 0 bridgehead atoms. The molecule has 0 aliphatic heterocycles. The molecule has 1 aromatic rings. The minimum atomic E-state index is -0.475. The molecule has 0 amide bonds. The van der Waals surface area contributed by atoms with E-state index in [2.05, 4.69) is 19.2 Å². The summed E-state index contributed by atoms with van der Waals surface area (Å²) in [5.41, 5.74) is 1.44. The van der Waals surface area contributed by atoms with Gasteiger partial charge in [0.1, 0.15) is 5.82 Å². The highest BCUT2D eigenvalue weighted by molar-refractivity contribution is 5.48. The van der Waals surface area contributed by atoms with Crippen LogP contribution in [0.5, 0.6) is 0 Å². The van der Waals surface area contributed by atoms with Crippen LogP contribution >= 0.6 is 0 Å². The van der Waals surface area contributed by atoms with Gasteiger partial charge in [0.2, 0.25) is 0 Å². The molecule has 0 aliphatic carbocycles. The second-order valence-corrected chi connectivity index (χ2v) is 5.05. The van der Waals surface area contributed by atoms with Crippen molar-refractivity contribution in [2.75, 3.05) is 18.5 Å². The van der Waals surface area contributed by atoms with E-state index in [1.807, 2.05) is 6.07 Å². The molecule has 0 saturated heterocycles. The molecule has 1 rings (SSSR count). The van der Waals surface area contributed by atoms with Gasteiger partial charge < -0.3 is 15.3 Å². The van der Waals surface area contributed by atoms with Gasteiger partial charge in [0.05, 0.1) is 11.8 Å². The Kier molecular flexibility index (Phi) is 5.56. The number of anilines is 1. The first-order valence-electron chi connectivity index (χ1n) is 6.31. The van der Waals surface area contributed by atoms with Gasteiger partial charge in [-0.3, -0.25) is 0 Å². The third-order valence-corrected chi connectivity index (χ3v) is 2.68. The Morgan fingerprint density at radius 2 is 2.00 bits per heavy atom. The van der Waals surface area contributed by atoms with Crippen molar-refractivity contribution in [3.05, 3.63) is 29.6 Å². The van der Waals surface area contributed by atoms with Crippen LogP contribution in [0, 0.1) is 5.82 Å². The summed E-state index contributed by atoms with van der Waals surface area (Å²) in [5.74, 6) is -0.249. The number of likely N-dealkylation sites (N-methyl/N-ethyl adjacent to an activating group) is 1. The molecule has 18 heavy (non-hydrogen) atoms. The number of nitrogens with one attached hydrogen (secondary N) is 1. The van der Waals surface area contributed by atoms with Crippen LogP contribution in [0.4, 0.5) is 10.1 Å². The van der Waals surface area contributed by atoms with Crippen LogP contribution in [0.3, 0.4) is 0 Å². The summed E-state index contributed by atoms with van der Waals surface area (Å²) in [6.07, 6.45) is -0.475. The predicted octanol–water partition coefficient (Wildman–Crippen LogP) is 2.14. The Morgan fingerprint density at radius 1 is 1.33 bits per heavy atom. The smallest absolute Gasteiger partial charge is 0.146 e. The van der Waals surface area contributed by atoms with Gasteiger partial charge in [-0.05, 0) is 24.6 Å². The Balaban J connectivity index is 2.73. The summed E-state index contributed by atoms with van der Waals surface area (Å²) in [6.45, 7) is 6.88. The summed E-state index contributed by atoms with van der Waals surface area (Å²) in [7, 11) is 1.77. The van der Waals surface area contributed by atoms with Gasteiger partial charge in [-0.25, -0.2) is 4.39 Å². The van der Waals surface area contributed by atoms with Crippen molar-refractivity contribution in [1.29, 1.82) is 0 Å². The van der Waals surface area contributed by atoms with Crippen molar-refractivity contribution in [2.24, 2.45) is 0 Å². The number of halogens is 1. The zero-order valence-electron chi connectivity index (χ0n) is 11.6. The highest BCUT2D eigenvalue weighted by Crippen LogP contribution is 2.19. The maximum Gasteiger partial charge on any atom is 0.146 e. The highest BCUT2D eigenvalue weighted by atomic mass is 19.1. The summed E-state index contributed by atoms with van der Waals surface area (Å²) < 4.78 is 13.9. The molecule has 4 heteroatoms. The summed E-state index contributed by atoms with van der Waals surface area (Å²) >= 11 is 0. The fraction of sp³-hybridized carbons (Fsp3) is 0.571. The number of nitrogens with zero attached hydrogens (tertiary/aromatic N) is 1. The Morgan fingerprint density at radius 3 is 2.50 bits per heavy atom. The van der Waals surface area contributed by atoms with Crippen molar-refractivity contribution in [3.63, 3.8) is 0 Å². The summed E-state index contributed by atoms with van der Waals surface area (Å²) in [4.78, 5) is 1.72. The second-order valence-electron chi connectivity index (χ2n) is 5.05. The molecule has 0 aromatic heterocycles. The number of benzene rings is 1. The molecular formula is C14H23FN2O. The molecule has 102 valence electrons. The van der Waals surface area contributed by atoms with E-state index in [4.69, 9.17) is 0 Å². The minimum absolute atomic E-state index is 0.249. The number of aliphatic hydroxyl groups is 1. The van der Waals surface area contributed by atoms with E-state index in [1.54, 1.807) is 31.0 Å².